The van der Waals surface area contributed by atoms with Gasteiger partial charge < -0.3 is 10.0 Å². The molecule has 1 amide bonds. The molecule has 1 aromatic heterocycles. The van der Waals surface area contributed by atoms with E-state index in [4.69, 9.17) is 16.7 Å². The Morgan fingerprint density at radius 2 is 2.17 bits per heavy atom. The van der Waals surface area contributed by atoms with Crippen LogP contribution in [-0.2, 0) is 4.79 Å². The Hall–Kier alpha value is -1.07. The summed E-state index contributed by atoms with van der Waals surface area (Å²) < 4.78 is 0. The van der Waals surface area contributed by atoms with Crippen LogP contribution in [0.15, 0.2) is 5.38 Å². The van der Waals surface area contributed by atoms with Gasteiger partial charge >= 0.3 is 5.97 Å². The van der Waals surface area contributed by atoms with Gasteiger partial charge in [0.2, 0.25) is 0 Å². The van der Waals surface area contributed by atoms with Crippen LogP contribution in [0, 0.1) is 12.8 Å². The fourth-order valence-corrected chi connectivity index (χ4v) is 2.72. The summed E-state index contributed by atoms with van der Waals surface area (Å²) in [4.78, 5) is 25.0. The lowest BCUT2D eigenvalue weighted by Crippen LogP contribution is -2.36. The molecule has 1 N–H and O–H groups in total. The normalized spacial score (nSPS) is 12.2. The second-order valence-corrected chi connectivity index (χ2v) is 5.40. The lowest BCUT2D eigenvalue weighted by molar-refractivity contribution is -0.141. The average Bonchev–Trinajstić information content (AvgIpc) is 2.65. The average molecular weight is 290 g/mol. The monoisotopic (exact) mass is 289 g/mol. The Labute approximate surface area is 115 Å². The van der Waals surface area contributed by atoms with Crippen molar-refractivity contribution in [1.29, 1.82) is 0 Å². The summed E-state index contributed by atoms with van der Waals surface area (Å²) in [6.45, 7) is 5.90. The molecule has 0 bridgehead atoms. The molecule has 0 aromatic carbocycles. The second-order valence-electron chi connectivity index (χ2n) is 4.14. The Kier molecular flexibility index (Phi) is 5.16. The van der Waals surface area contributed by atoms with Gasteiger partial charge in [-0.3, -0.25) is 9.59 Å². The number of carboxylic acid groups (broad SMARTS) is 1. The van der Waals surface area contributed by atoms with E-state index in [-0.39, 0.29) is 12.5 Å². The van der Waals surface area contributed by atoms with Crippen molar-refractivity contribution in [1.82, 2.24) is 4.90 Å². The molecular formula is C12H16ClNO3S. The van der Waals surface area contributed by atoms with Gasteiger partial charge in [-0.05, 0) is 24.8 Å². The van der Waals surface area contributed by atoms with Crippen molar-refractivity contribution < 1.29 is 14.7 Å². The largest absolute Gasteiger partial charge is 0.481 e. The van der Waals surface area contributed by atoms with E-state index in [0.29, 0.717) is 16.4 Å². The molecule has 0 saturated heterocycles. The Morgan fingerprint density at radius 1 is 1.56 bits per heavy atom. The van der Waals surface area contributed by atoms with E-state index in [1.165, 1.54) is 16.2 Å². The SMILES string of the molecule is CCN(CC(C)C(=O)O)C(=O)c1scc(C)c1Cl. The highest BCUT2D eigenvalue weighted by atomic mass is 35.5. The van der Waals surface area contributed by atoms with Crippen molar-refractivity contribution in [3.63, 3.8) is 0 Å². The zero-order valence-corrected chi connectivity index (χ0v) is 12.1. The minimum absolute atomic E-state index is 0.192. The number of aliphatic carboxylic acids is 1. The molecular weight excluding hydrogens is 274 g/mol. The third kappa shape index (κ3) is 3.23. The van der Waals surface area contributed by atoms with Gasteiger partial charge in [0.05, 0.1) is 10.9 Å². The summed E-state index contributed by atoms with van der Waals surface area (Å²) in [5.74, 6) is -1.70. The van der Waals surface area contributed by atoms with E-state index in [1.54, 1.807) is 6.92 Å². The standard InChI is InChI=1S/C12H16ClNO3S/c1-4-14(5-7(2)12(16)17)11(15)10-9(13)8(3)6-18-10/h6-7H,4-5H2,1-3H3,(H,16,17). The topological polar surface area (TPSA) is 57.6 Å². The van der Waals surface area contributed by atoms with Crippen LogP contribution in [0.1, 0.15) is 29.1 Å². The van der Waals surface area contributed by atoms with Crippen LogP contribution in [0.3, 0.4) is 0 Å². The van der Waals surface area contributed by atoms with Crippen LogP contribution in [0.5, 0.6) is 0 Å². The van der Waals surface area contributed by atoms with Crippen LogP contribution in [-0.4, -0.2) is 35.0 Å². The number of thiophene rings is 1. The number of nitrogens with zero attached hydrogens (tertiary/aromatic N) is 1. The van der Waals surface area contributed by atoms with Crippen LogP contribution in [0.2, 0.25) is 5.02 Å². The van der Waals surface area contributed by atoms with Gasteiger partial charge in [0.25, 0.3) is 5.91 Å². The summed E-state index contributed by atoms with van der Waals surface area (Å²) in [5.41, 5.74) is 0.868. The van der Waals surface area contributed by atoms with Gasteiger partial charge in [0.15, 0.2) is 0 Å². The fourth-order valence-electron chi connectivity index (χ4n) is 1.48. The number of carboxylic acids is 1. The van der Waals surface area contributed by atoms with Gasteiger partial charge in [-0.15, -0.1) is 11.3 Å². The molecule has 0 aliphatic carbocycles. The first-order chi connectivity index (χ1) is 8.38. The van der Waals surface area contributed by atoms with E-state index in [0.717, 1.165) is 5.56 Å². The smallest absolute Gasteiger partial charge is 0.308 e. The zero-order valence-electron chi connectivity index (χ0n) is 10.6. The molecule has 6 heteroatoms. The number of aryl methyl sites for hydroxylation is 1. The Balaban J connectivity index is 2.86. The Bertz CT molecular complexity index is 458. The van der Waals surface area contributed by atoms with Crippen molar-refractivity contribution >= 4 is 34.8 Å². The van der Waals surface area contributed by atoms with Crippen LogP contribution in [0.4, 0.5) is 0 Å². The fraction of sp³-hybridized carbons (Fsp3) is 0.500. The third-order valence-corrected chi connectivity index (χ3v) is 4.36. The van der Waals surface area contributed by atoms with Crippen molar-refractivity contribution in [2.75, 3.05) is 13.1 Å². The minimum atomic E-state index is -0.908. The first-order valence-corrected chi connectivity index (χ1v) is 6.89. The number of carbonyl (C=O) groups excluding carboxylic acids is 1. The van der Waals surface area contributed by atoms with Gasteiger partial charge in [-0.25, -0.2) is 0 Å². The molecule has 100 valence electrons. The van der Waals surface area contributed by atoms with Gasteiger partial charge in [-0.2, -0.15) is 0 Å². The van der Waals surface area contributed by atoms with Gasteiger partial charge in [0, 0.05) is 13.1 Å². The first kappa shape index (κ1) is 15.0. The van der Waals surface area contributed by atoms with Crippen molar-refractivity contribution in [2.45, 2.75) is 20.8 Å². The molecule has 1 aromatic rings. The van der Waals surface area contributed by atoms with E-state index in [2.05, 4.69) is 0 Å². The zero-order chi connectivity index (χ0) is 13.9. The van der Waals surface area contributed by atoms with Gasteiger partial charge in [0.1, 0.15) is 4.88 Å². The number of rotatable bonds is 5. The van der Waals surface area contributed by atoms with Crippen molar-refractivity contribution in [3.05, 3.63) is 20.8 Å². The van der Waals surface area contributed by atoms with E-state index < -0.39 is 11.9 Å². The molecule has 0 aliphatic rings. The van der Waals surface area contributed by atoms with E-state index >= 15 is 0 Å². The minimum Gasteiger partial charge on any atom is -0.481 e. The molecule has 4 nitrogen and oxygen atoms in total. The molecule has 1 unspecified atom stereocenters. The highest BCUT2D eigenvalue weighted by Crippen LogP contribution is 2.28. The third-order valence-electron chi connectivity index (χ3n) is 2.68. The van der Waals surface area contributed by atoms with Gasteiger partial charge in [-0.1, -0.05) is 18.5 Å². The van der Waals surface area contributed by atoms with Crippen LogP contribution >= 0.6 is 22.9 Å². The molecule has 1 rings (SSSR count). The number of hydrogen-bond donors (Lipinski definition) is 1. The predicted molar refractivity (Wildman–Crippen MR) is 72.4 cm³/mol. The highest BCUT2D eigenvalue weighted by Gasteiger charge is 2.23. The first-order valence-electron chi connectivity index (χ1n) is 5.64. The van der Waals surface area contributed by atoms with Crippen molar-refractivity contribution in [3.8, 4) is 0 Å². The quantitative estimate of drug-likeness (QED) is 0.907. The molecule has 18 heavy (non-hydrogen) atoms. The lowest BCUT2D eigenvalue weighted by atomic mass is 10.1. The summed E-state index contributed by atoms with van der Waals surface area (Å²) in [7, 11) is 0. The predicted octanol–water partition coefficient (Wildman–Crippen LogP) is 2.89. The number of hydrogen-bond acceptors (Lipinski definition) is 3. The van der Waals surface area contributed by atoms with Crippen LogP contribution in [0.25, 0.3) is 0 Å². The number of halogens is 1. The maximum absolute atomic E-state index is 12.2. The summed E-state index contributed by atoms with van der Waals surface area (Å²) in [6.07, 6.45) is 0. The number of carbonyl (C=O) groups is 2. The molecule has 1 atom stereocenters. The van der Waals surface area contributed by atoms with Crippen molar-refractivity contribution in [2.24, 2.45) is 5.92 Å². The number of amides is 1. The second kappa shape index (κ2) is 6.20. The molecule has 1 heterocycles. The molecule has 0 aliphatic heterocycles. The highest BCUT2D eigenvalue weighted by molar-refractivity contribution is 7.13. The maximum atomic E-state index is 12.2. The lowest BCUT2D eigenvalue weighted by Gasteiger charge is -2.22. The Morgan fingerprint density at radius 3 is 2.56 bits per heavy atom. The molecule has 0 radical (unpaired) electrons. The summed E-state index contributed by atoms with van der Waals surface area (Å²) in [5, 5.41) is 11.2. The molecule has 0 saturated carbocycles. The summed E-state index contributed by atoms with van der Waals surface area (Å²) >= 11 is 7.34. The summed E-state index contributed by atoms with van der Waals surface area (Å²) in [6, 6.07) is 0. The maximum Gasteiger partial charge on any atom is 0.308 e. The molecule has 0 spiro atoms. The van der Waals surface area contributed by atoms with E-state index in [9.17, 15) is 9.59 Å². The molecule has 0 fully saturated rings. The van der Waals surface area contributed by atoms with Crippen LogP contribution < -0.4 is 0 Å². The van der Waals surface area contributed by atoms with E-state index in [1.807, 2.05) is 19.2 Å².